The summed E-state index contributed by atoms with van der Waals surface area (Å²) in [6.45, 7) is 0. The van der Waals surface area contributed by atoms with Crippen molar-refractivity contribution >= 4 is 27.9 Å². The van der Waals surface area contributed by atoms with Crippen LogP contribution in [0.3, 0.4) is 0 Å². The second kappa shape index (κ2) is 5.06. The fraction of sp³-hybridized carbons (Fsp3) is 0. The average molecular weight is 307 g/mol. The van der Waals surface area contributed by atoms with E-state index >= 15 is 0 Å². The van der Waals surface area contributed by atoms with E-state index in [1.807, 2.05) is 0 Å². The van der Waals surface area contributed by atoms with Gasteiger partial charge in [-0.1, -0.05) is 0 Å². The summed E-state index contributed by atoms with van der Waals surface area (Å²) in [6.07, 6.45) is 2.59. The van der Waals surface area contributed by atoms with Gasteiger partial charge in [0.15, 0.2) is 4.96 Å². The largest absolute Gasteiger partial charge is 0.319 e. The van der Waals surface area contributed by atoms with Crippen molar-refractivity contribution in [2.45, 2.75) is 0 Å². The van der Waals surface area contributed by atoms with E-state index in [0.29, 0.717) is 4.96 Å². The van der Waals surface area contributed by atoms with Crippen LogP contribution in [0.1, 0.15) is 10.4 Å². The minimum atomic E-state index is -0.849. The summed E-state index contributed by atoms with van der Waals surface area (Å²) >= 11 is 1.24. The monoisotopic (exact) mass is 307 g/mol. The predicted molar refractivity (Wildman–Crippen MR) is 73.7 cm³/mol. The highest BCUT2D eigenvalue weighted by Crippen LogP contribution is 2.16. The maximum Gasteiger partial charge on any atom is 0.271 e. The molecule has 1 amide bonds. The van der Waals surface area contributed by atoms with E-state index in [4.69, 9.17) is 0 Å². The van der Waals surface area contributed by atoms with E-state index in [9.17, 15) is 18.4 Å². The molecule has 1 N–H and O–H groups in total. The topological polar surface area (TPSA) is 63.5 Å². The molecule has 0 aliphatic rings. The Bertz CT molecular complexity index is 904. The molecule has 5 nitrogen and oxygen atoms in total. The van der Waals surface area contributed by atoms with Gasteiger partial charge in [0.05, 0.1) is 5.69 Å². The molecule has 0 aliphatic carbocycles. The van der Waals surface area contributed by atoms with Gasteiger partial charge in [-0.25, -0.2) is 13.8 Å². The van der Waals surface area contributed by atoms with E-state index in [2.05, 4.69) is 10.3 Å². The number of benzene rings is 1. The van der Waals surface area contributed by atoms with Crippen LogP contribution in [0.15, 0.2) is 40.8 Å². The number of hydrogen-bond acceptors (Lipinski definition) is 4. The van der Waals surface area contributed by atoms with Crippen molar-refractivity contribution < 1.29 is 13.6 Å². The van der Waals surface area contributed by atoms with Crippen molar-refractivity contribution in [3.8, 4) is 0 Å². The van der Waals surface area contributed by atoms with Gasteiger partial charge in [-0.3, -0.25) is 14.0 Å². The zero-order valence-corrected chi connectivity index (χ0v) is 11.2. The molecule has 2 aromatic heterocycles. The molecule has 3 aromatic rings. The molecule has 0 fully saturated rings. The van der Waals surface area contributed by atoms with Gasteiger partial charge in [0.25, 0.3) is 11.5 Å². The molecule has 21 heavy (non-hydrogen) atoms. The van der Waals surface area contributed by atoms with Crippen LogP contribution in [0.5, 0.6) is 0 Å². The minimum absolute atomic E-state index is 0.255. The number of anilines is 1. The Kier molecular flexibility index (Phi) is 3.22. The summed E-state index contributed by atoms with van der Waals surface area (Å²) in [6, 6.07) is 2.65. The van der Waals surface area contributed by atoms with Crippen LogP contribution in [0.25, 0.3) is 4.96 Å². The van der Waals surface area contributed by atoms with Gasteiger partial charge >= 0.3 is 0 Å². The number of hydrogen-bond donors (Lipinski definition) is 1. The number of amides is 1. The Morgan fingerprint density at radius 2 is 2.14 bits per heavy atom. The first-order valence-corrected chi connectivity index (χ1v) is 6.65. The summed E-state index contributed by atoms with van der Waals surface area (Å²) < 4.78 is 27.7. The van der Waals surface area contributed by atoms with Crippen LogP contribution in [0.4, 0.5) is 14.5 Å². The van der Waals surface area contributed by atoms with E-state index in [0.717, 1.165) is 24.4 Å². The molecule has 0 saturated carbocycles. The third kappa shape index (κ3) is 2.40. The van der Waals surface area contributed by atoms with Gasteiger partial charge in [0.2, 0.25) is 0 Å². The zero-order chi connectivity index (χ0) is 15.0. The smallest absolute Gasteiger partial charge is 0.271 e. The summed E-state index contributed by atoms with van der Waals surface area (Å²) in [5.74, 6) is -2.35. The number of thiazole rings is 1. The molecule has 106 valence electrons. The summed E-state index contributed by atoms with van der Waals surface area (Å²) in [7, 11) is 0. The summed E-state index contributed by atoms with van der Waals surface area (Å²) in [5.41, 5.74) is -1.17. The number of rotatable bonds is 2. The first-order chi connectivity index (χ1) is 10.1. The molecule has 1 aromatic carbocycles. The van der Waals surface area contributed by atoms with Gasteiger partial charge in [-0.15, -0.1) is 11.3 Å². The highest BCUT2D eigenvalue weighted by Gasteiger charge is 2.15. The first-order valence-electron chi connectivity index (χ1n) is 5.77. The molecular formula is C13H7F2N3O2S. The Labute approximate surface area is 120 Å². The first kappa shape index (κ1) is 13.4. The highest BCUT2D eigenvalue weighted by atomic mass is 32.1. The van der Waals surface area contributed by atoms with Gasteiger partial charge < -0.3 is 5.32 Å². The molecule has 0 aliphatic heterocycles. The van der Waals surface area contributed by atoms with Gasteiger partial charge in [0, 0.05) is 23.8 Å². The van der Waals surface area contributed by atoms with Gasteiger partial charge in [-0.2, -0.15) is 0 Å². The number of aromatic nitrogens is 2. The van der Waals surface area contributed by atoms with E-state index in [1.54, 1.807) is 5.38 Å². The van der Waals surface area contributed by atoms with Crippen LogP contribution in [-0.4, -0.2) is 15.3 Å². The number of halogens is 2. The molecule has 0 saturated heterocycles. The second-order valence-corrected chi connectivity index (χ2v) is 4.98. The van der Waals surface area contributed by atoms with Crippen molar-refractivity contribution in [2.75, 3.05) is 5.32 Å². The fourth-order valence-corrected chi connectivity index (χ4v) is 2.44. The lowest BCUT2D eigenvalue weighted by Gasteiger charge is -2.06. The molecule has 8 heteroatoms. The Morgan fingerprint density at radius 1 is 1.33 bits per heavy atom. The minimum Gasteiger partial charge on any atom is -0.319 e. The van der Waals surface area contributed by atoms with E-state index < -0.39 is 23.1 Å². The molecule has 0 atom stereocenters. The van der Waals surface area contributed by atoms with E-state index in [1.165, 1.54) is 21.9 Å². The van der Waals surface area contributed by atoms with Crippen molar-refractivity contribution in [2.24, 2.45) is 0 Å². The Hall–Kier alpha value is -2.61. The Balaban J connectivity index is 1.99. The molecule has 0 bridgehead atoms. The number of nitrogens with one attached hydrogen (secondary N) is 1. The van der Waals surface area contributed by atoms with Crippen LogP contribution >= 0.6 is 11.3 Å². The number of carbonyl (C=O) groups is 1. The maximum absolute atomic E-state index is 13.5. The zero-order valence-electron chi connectivity index (χ0n) is 10.3. The van der Waals surface area contributed by atoms with Crippen LogP contribution in [0.2, 0.25) is 0 Å². The molecule has 3 rings (SSSR count). The number of fused-ring (bicyclic) bond motifs is 1. The molecule has 0 unspecified atom stereocenters. The lowest BCUT2D eigenvalue weighted by atomic mass is 10.2. The van der Waals surface area contributed by atoms with Crippen molar-refractivity contribution in [1.29, 1.82) is 0 Å². The van der Waals surface area contributed by atoms with Crippen molar-refractivity contribution in [3.63, 3.8) is 0 Å². The molecule has 2 heterocycles. The predicted octanol–water partition coefficient (Wildman–Crippen LogP) is 2.29. The third-order valence-electron chi connectivity index (χ3n) is 2.76. The lowest BCUT2D eigenvalue weighted by molar-refractivity contribution is 0.102. The quantitative estimate of drug-likeness (QED) is 0.790. The van der Waals surface area contributed by atoms with Gasteiger partial charge in [-0.05, 0) is 12.1 Å². The summed E-state index contributed by atoms with van der Waals surface area (Å²) in [4.78, 5) is 28.5. The fourth-order valence-electron chi connectivity index (χ4n) is 1.76. The SMILES string of the molecule is O=C(Nc1cc(F)ccc1F)c1cnc2sccn2c1=O. The van der Waals surface area contributed by atoms with Crippen molar-refractivity contribution in [1.82, 2.24) is 9.38 Å². The number of nitrogens with zero attached hydrogens (tertiary/aromatic N) is 2. The Morgan fingerprint density at radius 3 is 2.95 bits per heavy atom. The van der Waals surface area contributed by atoms with Crippen LogP contribution < -0.4 is 10.9 Å². The number of carbonyl (C=O) groups excluding carboxylic acids is 1. The van der Waals surface area contributed by atoms with E-state index in [-0.39, 0.29) is 11.3 Å². The lowest BCUT2D eigenvalue weighted by Crippen LogP contribution is -2.26. The summed E-state index contributed by atoms with van der Waals surface area (Å²) in [5, 5.41) is 3.81. The standard InChI is InChI=1S/C13H7F2N3O2S/c14-7-1-2-9(15)10(5-7)17-11(19)8-6-16-13-18(12(8)20)3-4-21-13/h1-6H,(H,17,19). The van der Waals surface area contributed by atoms with Crippen LogP contribution in [0, 0.1) is 11.6 Å². The highest BCUT2D eigenvalue weighted by molar-refractivity contribution is 7.15. The average Bonchev–Trinajstić information content (AvgIpc) is 2.92. The van der Waals surface area contributed by atoms with Crippen LogP contribution in [-0.2, 0) is 0 Å². The maximum atomic E-state index is 13.5. The van der Waals surface area contributed by atoms with Gasteiger partial charge in [0.1, 0.15) is 17.2 Å². The molecular weight excluding hydrogens is 300 g/mol. The third-order valence-corrected chi connectivity index (χ3v) is 3.53. The molecule has 0 radical (unpaired) electrons. The second-order valence-electron chi connectivity index (χ2n) is 4.11. The normalized spacial score (nSPS) is 10.8. The molecule has 0 spiro atoms. The van der Waals surface area contributed by atoms with Crippen molar-refractivity contribution in [3.05, 3.63) is 63.5 Å².